The van der Waals surface area contributed by atoms with E-state index in [1.807, 2.05) is 0 Å². The number of aliphatic carboxylic acids is 1. The number of hydrogen-bond donors (Lipinski definition) is 2. The molecule has 2 amide bonds. The van der Waals surface area contributed by atoms with Gasteiger partial charge in [0, 0.05) is 13.1 Å². The van der Waals surface area contributed by atoms with Crippen molar-refractivity contribution in [3.8, 4) is 0 Å². The van der Waals surface area contributed by atoms with E-state index in [2.05, 4.69) is 12.2 Å². The van der Waals surface area contributed by atoms with Crippen molar-refractivity contribution < 1.29 is 14.7 Å². The van der Waals surface area contributed by atoms with Crippen molar-refractivity contribution in [3.05, 3.63) is 0 Å². The molecule has 0 aliphatic carbocycles. The third-order valence-corrected chi connectivity index (χ3v) is 3.36. The highest BCUT2D eigenvalue weighted by Crippen LogP contribution is 2.19. The van der Waals surface area contributed by atoms with Gasteiger partial charge in [0.25, 0.3) is 0 Å². The van der Waals surface area contributed by atoms with Crippen molar-refractivity contribution in [1.82, 2.24) is 10.2 Å². The smallest absolute Gasteiger partial charge is 0.326 e. The quantitative estimate of drug-likeness (QED) is 0.785. The lowest BCUT2D eigenvalue weighted by Gasteiger charge is -2.23. The predicted octanol–water partition coefficient (Wildman–Crippen LogP) is 1.54. The van der Waals surface area contributed by atoms with E-state index in [0.717, 1.165) is 25.9 Å². The monoisotopic (exact) mass is 242 g/mol. The maximum atomic E-state index is 11.9. The molecule has 1 heterocycles. The zero-order valence-corrected chi connectivity index (χ0v) is 10.8. The summed E-state index contributed by atoms with van der Waals surface area (Å²) in [5, 5.41) is 11.6. The Labute approximate surface area is 102 Å². The van der Waals surface area contributed by atoms with E-state index in [9.17, 15) is 9.59 Å². The second-order valence-electron chi connectivity index (χ2n) is 5.02. The first kappa shape index (κ1) is 13.8. The molecule has 1 rings (SSSR count). The Hall–Kier alpha value is -1.26. The minimum Gasteiger partial charge on any atom is -0.480 e. The van der Waals surface area contributed by atoms with Crippen molar-refractivity contribution in [1.29, 1.82) is 0 Å². The van der Waals surface area contributed by atoms with Gasteiger partial charge in [0.05, 0.1) is 0 Å². The number of carbonyl (C=O) groups is 2. The highest BCUT2D eigenvalue weighted by Gasteiger charge is 2.29. The maximum Gasteiger partial charge on any atom is 0.326 e. The largest absolute Gasteiger partial charge is 0.480 e. The van der Waals surface area contributed by atoms with Crippen molar-refractivity contribution in [2.75, 3.05) is 13.1 Å². The molecule has 17 heavy (non-hydrogen) atoms. The number of nitrogens with one attached hydrogen (secondary N) is 1. The Morgan fingerprint density at radius 1 is 1.47 bits per heavy atom. The summed E-state index contributed by atoms with van der Waals surface area (Å²) in [6, 6.07) is -1.05. The van der Waals surface area contributed by atoms with Crippen LogP contribution in [0.2, 0.25) is 0 Å². The van der Waals surface area contributed by atoms with Crippen molar-refractivity contribution in [2.24, 2.45) is 11.8 Å². The van der Waals surface area contributed by atoms with Gasteiger partial charge in [-0.05, 0) is 18.3 Å². The fraction of sp³-hybridized carbons (Fsp3) is 0.833. The number of rotatable bonds is 4. The van der Waals surface area contributed by atoms with Gasteiger partial charge in [-0.2, -0.15) is 0 Å². The third-order valence-electron chi connectivity index (χ3n) is 3.36. The summed E-state index contributed by atoms with van der Waals surface area (Å²) in [5.41, 5.74) is 0. The molecule has 1 aliphatic rings. The molecule has 5 heteroatoms. The van der Waals surface area contributed by atoms with Crippen LogP contribution in [0.5, 0.6) is 0 Å². The molecular formula is C12H22N2O3. The van der Waals surface area contributed by atoms with E-state index in [4.69, 9.17) is 5.11 Å². The summed E-state index contributed by atoms with van der Waals surface area (Å²) in [7, 11) is 0. The predicted molar refractivity (Wildman–Crippen MR) is 64.8 cm³/mol. The number of carboxylic acid groups (broad SMARTS) is 1. The molecule has 0 aromatic carbocycles. The number of nitrogens with zero attached hydrogens (tertiary/aromatic N) is 1. The number of carbonyl (C=O) groups excluding carboxylic acids is 1. The minimum absolute atomic E-state index is 0.110. The highest BCUT2D eigenvalue weighted by molar-refractivity contribution is 5.82. The van der Waals surface area contributed by atoms with Crippen molar-refractivity contribution >= 4 is 12.0 Å². The molecule has 0 aromatic heterocycles. The van der Waals surface area contributed by atoms with E-state index in [0.29, 0.717) is 5.92 Å². The Balaban J connectivity index is 2.51. The Morgan fingerprint density at radius 2 is 2.12 bits per heavy atom. The highest BCUT2D eigenvalue weighted by atomic mass is 16.4. The van der Waals surface area contributed by atoms with Crippen LogP contribution >= 0.6 is 0 Å². The number of urea groups is 1. The van der Waals surface area contributed by atoms with Gasteiger partial charge >= 0.3 is 12.0 Å². The van der Waals surface area contributed by atoms with Crippen LogP contribution in [-0.2, 0) is 4.79 Å². The molecule has 0 saturated carbocycles. The minimum atomic E-state index is -0.973. The van der Waals surface area contributed by atoms with Crippen LogP contribution in [0, 0.1) is 11.8 Å². The van der Waals surface area contributed by atoms with Crippen LogP contribution in [0.1, 0.15) is 33.6 Å². The summed E-state index contributed by atoms with van der Waals surface area (Å²) >= 11 is 0. The Morgan fingerprint density at radius 3 is 2.53 bits per heavy atom. The molecule has 1 saturated heterocycles. The van der Waals surface area contributed by atoms with Crippen LogP contribution in [0.3, 0.4) is 0 Å². The number of hydrogen-bond acceptors (Lipinski definition) is 2. The average Bonchev–Trinajstić information content (AvgIpc) is 2.73. The first-order valence-corrected chi connectivity index (χ1v) is 6.24. The molecule has 2 atom stereocenters. The first-order valence-electron chi connectivity index (χ1n) is 6.24. The molecule has 98 valence electrons. The normalized spacial score (nSPS) is 21.6. The summed E-state index contributed by atoms with van der Waals surface area (Å²) in [5.74, 6) is -0.524. The Bertz CT molecular complexity index is 291. The summed E-state index contributed by atoms with van der Waals surface area (Å²) in [6.07, 6.45) is 2.08. The third kappa shape index (κ3) is 3.61. The molecular weight excluding hydrogens is 220 g/mol. The number of amides is 2. The SMILES string of the molecule is CCC1CCN(C(=O)NC(C(=O)O)C(C)C)C1. The lowest BCUT2D eigenvalue weighted by molar-refractivity contribution is -0.140. The van der Waals surface area contributed by atoms with E-state index in [-0.39, 0.29) is 11.9 Å². The lowest BCUT2D eigenvalue weighted by Crippen LogP contribution is -2.49. The van der Waals surface area contributed by atoms with Crippen LogP contribution in [0.25, 0.3) is 0 Å². The molecule has 2 N–H and O–H groups in total. The number of carboxylic acids is 1. The summed E-state index contributed by atoms with van der Waals surface area (Å²) < 4.78 is 0. The fourth-order valence-corrected chi connectivity index (χ4v) is 2.09. The topological polar surface area (TPSA) is 69.6 Å². The van der Waals surface area contributed by atoms with Crippen molar-refractivity contribution in [3.63, 3.8) is 0 Å². The molecule has 2 unspecified atom stereocenters. The lowest BCUT2D eigenvalue weighted by atomic mass is 10.1. The van der Waals surface area contributed by atoms with E-state index in [1.165, 1.54) is 0 Å². The summed E-state index contributed by atoms with van der Waals surface area (Å²) in [4.78, 5) is 24.6. The van der Waals surface area contributed by atoms with Gasteiger partial charge in [-0.3, -0.25) is 0 Å². The molecule has 0 radical (unpaired) electrons. The van der Waals surface area contributed by atoms with Crippen LogP contribution in [0.15, 0.2) is 0 Å². The zero-order valence-electron chi connectivity index (χ0n) is 10.8. The molecule has 1 aliphatic heterocycles. The average molecular weight is 242 g/mol. The van der Waals surface area contributed by atoms with Gasteiger partial charge in [-0.1, -0.05) is 27.2 Å². The van der Waals surface area contributed by atoms with Gasteiger partial charge in [0.2, 0.25) is 0 Å². The van der Waals surface area contributed by atoms with Gasteiger partial charge in [0.1, 0.15) is 6.04 Å². The van der Waals surface area contributed by atoms with E-state index < -0.39 is 12.0 Å². The Kier molecular flexibility index (Phi) is 4.78. The van der Waals surface area contributed by atoms with Gasteiger partial charge in [-0.25, -0.2) is 9.59 Å². The van der Waals surface area contributed by atoms with Gasteiger partial charge in [-0.15, -0.1) is 0 Å². The van der Waals surface area contributed by atoms with Crippen LogP contribution in [-0.4, -0.2) is 41.1 Å². The summed E-state index contributed by atoms with van der Waals surface area (Å²) in [6.45, 7) is 7.16. The standard InChI is InChI=1S/C12H22N2O3/c1-4-9-5-6-14(7-9)12(17)13-10(8(2)3)11(15)16/h8-10H,4-7H2,1-3H3,(H,13,17)(H,15,16). The second-order valence-corrected chi connectivity index (χ2v) is 5.02. The zero-order chi connectivity index (χ0) is 13.0. The van der Waals surface area contributed by atoms with E-state index >= 15 is 0 Å². The second kappa shape index (κ2) is 5.89. The van der Waals surface area contributed by atoms with E-state index in [1.54, 1.807) is 18.7 Å². The molecule has 1 fully saturated rings. The van der Waals surface area contributed by atoms with Crippen LogP contribution < -0.4 is 5.32 Å². The maximum absolute atomic E-state index is 11.9. The first-order chi connectivity index (χ1) is 7.95. The molecule has 0 bridgehead atoms. The molecule has 0 aromatic rings. The van der Waals surface area contributed by atoms with Crippen LogP contribution in [0.4, 0.5) is 4.79 Å². The molecule has 0 spiro atoms. The van der Waals surface area contributed by atoms with Gasteiger partial charge < -0.3 is 15.3 Å². The van der Waals surface area contributed by atoms with Crippen molar-refractivity contribution in [2.45, 2.75) is 39.7 Å². The fourth-order valence-electron chi connectivity index (χ4n) is 2.09. The van der Waals surface area contributed by atoms with Gasteiger partial charge in [0.15, 0.2) is 0 Å². The number of likely N-dealkylation sites (tertiary alicyclic amines) is 1. The molecule has 5 nitrogen and oxygen atoms in total.